The van der Waals surface area contributed by atoms with Crippen molar-refractivity contribution in [2.24, 2.45) is 4.99 Å². The average Bonchev–Trinajstić information content (AvgIpc) is 3.86. The number of rotatable bonds is 10. The van der Waals surface area contributed by atoms with Crippen LogP contribution in [-0.4, -0.2) is 64.8 Å². The molecule has 7 rings (SSSR count). The van der Waals surface area contributed by atoms with Gasteiger partial charge in [0.15, 0.2) is 4.80 Å². The Morgan fingerprint density at radius 2 is 1.79 bits per heavy atom. The van der Waals surface area contributed by atoms with Crippen LogP contribution in [0.5, 0.6) is 5.75 Å². The van der Waals surface area contributed by atoms with Gasteiger partial charge in [-0.2, -0.15) is 5.10 Å². The summed E-state index contributed by atoms with van der Waals surface area (Å²) in [4.78, 5) is 14.8. The summed E-state index contributed by atoms with van der Waals surface area (Å²) >= 11 is 14.4. The fourth-order valence-electron chi connectivity index (χ4n) is 5.99. The first-order chi connectivity index (χ1) is 23.0. The van der Waals surface area contributed by atoms with Crippen molar-refractivity contribution in [2.45, 2.75) is 31.9 Å². The Kier molecular flexibility index (Phi) is 9.51. The van der Waals surface area contributed by atoms with Gasteiger partial charge >= 0.3 is 0 Å². The zero-order chi connectivity index (χ0) is 32.2. The molecule has 0 spiro atoms. The quantitative estimate of drug-likeness (QED) is 0.168. The molecule has 2 aromatic heterocycles. The summed E-state index contributed by atoms with van der Waals surface area (Å²) < 4.78 is 22.9. The van der Waals surface area contributed by atoms with Gasteiger partial charge in [0.2, 0.25) is 5.79 Å². The minimum atomic E-state index is -1.15. The molecule has 0 bridgehead atoms. The Bertz CT molecular complexity index is 1840. The molecule has 13 heteroatoms. The van der Waals surface area contributed by atoms with E-state index in [-0.39, 0.29) is 12.6 Å². The van der Waals surface area contributed by atoms with Gasteiger partial charge in [-0.3, -0.25) is 0 Å². The van der Waals surface area contributed by atoms with Crippen LogP contribution in [0.25, 0.3) is 0 Å². The van der Waals surface area contributed by atoms with Crippen molar-refractivity contribution in [1.29, 1.82) is 0 Å². The molecule has 0 amide bonds. The number of anilines is 2. The van der Waals surface area contributed by atoms with E-state index in [0.29, 0.717) is 28.8 Å². The highest BCUT2D eigenvalue weighted by molar-refractivity contribution is 7.07. The second kappa shape index (κ2) is 14.1. The molecule has 3 aromatic carbocycles. The highest BCUT2D eigenvalue weighted by atomic mass is 35.5. The second-order valence-electron chi connectivity index (χ2n) is 11.4. The zero-order valence-electron chi connectivity index (χ0n) is 25.9. The van der Waals surface area contributed by atoms with Crippen molar-refractivity contribution in [3.05, 3.63) is 111 Å². The van der Waals surface area contributed by atoms with E-state index in [1.807, 2.05) is 48.5 Å². The number of thiazole rings is 1. The van der Waals surface area contributed by atoms with E-state index >= 15 is 0 Å². The number of hydrogen-bond acceptors (Lipinski definition) is 9. The summed E-state index contributed by atoms with van der Waals surface area (Å²) in [7, 11) is 0. The van der Waals surface area contributed by atoms with Crippen LogP contribution >= 0.6 is 34.5 Å². The number of piperazine rings is 1. The fourth-order valence-corrected chi connectivity index (χ4v) is 7.54. The molecule has 5 aromatic rings. The number of para-hydroxylation sites is 1. The van der Waals surface area contributed by atoms with E-state index in [1.165, 1.54) is 17.8 Å². The zero-order valence-corrected chi connectivity index (χ0v) is 28.2. The van der Waals surface area contributed by atoms with E-state index < -0.39 is 5.79 Å². The lowest BCUT2D eigenvalue weighted by atomic mass is 10.1. The molecule has 244 valence electrons. The van der Waals surface area contributed by atoms with Crippen molar-refractivity contribution in [1.82, 2.24) is 19.3 Å². The maximum Gasteiger partial charge on any atom is 0.217 e. The van der Waals surface area contributed by atoms with Crippen molar-refractivity contribution in [3.8, 4) is 5.75 Å². The number of aromatic nitrogens is 4. The number of hydrogen-bond donors (Lipinski definition) is 0. The second-order valence-corrected chi connectivity index (χ2v) is 13.0. The van der Waals surface area contributed by atoms with Crippen LogP contribution in [0, 0.1) is 0 Å². The van der Waals surface area contributed by atoms with Gasteiger partial charge in [-0.05, 0) is 55.5 Å². The van der Waals surface area contributed by atoms with E-state index in [9.17, 15) is 0 Å². The third kappa shape index (κ3) is 7.05. The predicted octanol–water partition coefficient (Wildman–Crippen LogP) is 6.37. The molecule has 2 saturated heterocycles. The van der Waals surface area contributed by atoms with Gasteiger partial charge in [-0.15, -0.1) is 11.3 Å². The molecule has 47 heavy (non-hydrogen) atoms. The van der Waals surface area contributed by atoms with Crippen LogP contribution in [0.3, 0.4) is 0 Å². The first kappa shape index (κ1) is 31.7. The lowest BCUT2D eigenvalue weighted by Crippen LogP contribution is -2.47. The molecule has 2 aliphatic rings. The molecular formula is C34H35Cl2N7O3S. The van der Waals surface area contributed by atoms with Gasteiger partial charge in [0.25, 0.3) is 0 Å². The molecule has 2 aliphatic heterocycles. The van der Waals surface area contributed by atoms with Crippen LogP contribution in [0.1, 0.15) is 12.5 Å². The van der Waals surface area contributed by atoms with Gasteiger partial charge in [0, 0.05) is 54.4 Å². The molecule has 2 unspecified atom stereocenters. The van der Waals surface area contributed by atoms with Crippen molar-refractivity contribution in [2.75, 3.05) is 49.2 Å². The minimum absolute atomic E-state index is 0.280. The molecule has 0 aliphatic carbocycles. The van der Waals surface area contributed by atoms with Gasteiger partial charge in [-0.1, -0.05) is 47.5 Å². The molecule has 0 saturated carbocycles. The molecule has 0 N–H and O–H groups in total. The van der Waals surface area contributed by atoms with Crippen molar-refractivity contribution >= 4 is 51.7 Å². The predicted molar refractivity (Wildman–Crippen MR) is 185 cm³/mol. The highest BCUT2D eigenvalue weighted by Gasteiger charge is 2.45. The molecule has 2 atom stereocenters. The van der Waals surface area contributed by atoms with E-state index in [0.717, 1.165) is 49.0 Å². The van der Waals surface area contributed by atoms with Crippen LogP contribution in [0.4, 0.5) is 17.2 Å². The Labute approximate surface area is 287 Å². The molecule has 10 nitrogen and oxygen atoms in total. The monoisotopic (exact) mass is 691 g/mol. The Morgan fingerprint density at radius 3 is 2.51 bits per heavy atom. The van der Waals surface area contributed by atoms with E-state index in [4.69, 9.17) is 42.4 Å². The van der Waals surface area contributed by atoms with E-state index in [1.54, 1.807) is 34.5 Å². The molecule has 2 fully saturated rings. The van der Waals surface area contributed by atoms with Crippen molar-refractivity contribution in [3.63, 3.8) is 0 Å². The third-order valence-electron chi connectivity index (χ3n) is 8.35. The van der Waals surface area contributed by atoms with Crippen LogP contribution in [0.15, 0.2) is 95.8 Å². The first-order valence-corrected chi connectivity index (χ1v) is 17.2. The number of benzene rings is 3. The van der Waals surface area contributed by atoms with E-state index in [2.05, 4.69) is 48.9 Å². The van der Waals surface area contributed by atoms with Crippen LogP contribution < -0.4 is 19.3 Å². The SMILES string of the molecule is CCn1c(N2CCN(c3ccc(OCC4COC(Cn5cncn5)(c5ccc(Cl)cc5Cl)O4)cc3)CC2)csc1=Nc1ccccc1. The van der Waals surface area contributed by atoms with Crippen LogP contribution in [-0.2, 0) is 28.4 Å². The largest absolute Gasteiger partial charge is 0.491 e. The smallest absolute Gasteiger partial charge is 0.217 e. The Morgan fingerprint density at radius 1 is 1.00 bits per heavy atom. The fraction of sp³-hybridized carbons (Fsp3) is 0.324. The lowest BCUT2D eigenvalue weighted by molar-refractivity contribution is -0.190. The normalized spacial score (nSPS) is 20.2. The summed E-state index contributed by atoms with van der Waals surface area (Å²) in [6.45, 7) is 7.72. The standard InChI is InChI=1S/C34H35Cl2N7O3S/c1-2-43-32(21-47-33(43)39-26-6-4-3-5-7-26)41-16-14-40(15-17-41)27-9-11-28(12-10-27)44-19-29-20-45-34(46-29,22-42-24-37-23-38-42)30-13-8-25(35)18-31(30)36/h3-13,18,21,23-24,29H,2,14-17,19-20,22H2,1H3. The summed E-state index contributed by atoms with van der Waals surface area (Å²) in [5.74, 6) is 0.858. The summed E-state index contributed by atoms with van der Waals surface area (Å²) in [6.07, 6.45) is 2.77. The minimum Gasteiger partial charge on any atom is -0.491 e. The molecule has 4 heterocycles. The van der Waals surface area contributed by atoms with Gasteiger partial charge in [0.05, 0.1) is 17.3 Å². The van der Waals surface area contributed by atoms with Gasteiger partial charge < -0.3 is 28.6 Å². The van der Waals surface area contributed by atoms with Gasteiger partial charge in [0.1, 0.15) is 43.5 Å². The maximum atomic E-state index is 6.59. The van der Waals surface area contributed by atoms with Gasteiger partial charge in [-0.25, -0.2) is 14.7 Å². The summed E-state index contributed by atoms with van der Waals surface area (Å²) in [6, 6.07) is 23.7. The Balaban J connectivity index is 0.954. The topological polar surface area (TPSA) is 82.2 Å². The molecule has 0 radical (unpaired) electrons. The van der Waals surface area contributed by atoms with Crippen molar-refractivity contribution < 1.29 is 14.2 Å². The average molecular weight is 693 g/mol. The van der Waals surface area contributed by atoms with Crippen LogP contribution in [0.2, 0.25) is 10.0 Å². The Hall–Kier alpha value is -3.87. The number of halogens is 2. The number of nitrogens with zero attached hydrogens (tertiary/aromatic N) is 7. The number of ether oxygens (including phenoxy) is 3. The summed E-state index contributed by atoms with van der Waals surface area (Å²) in [5, 5.41) is 7.46. The summed E-state index contributed by atoms with van der Waals surface area (Å²) in [5.41, 5.74) is 2.83. The maximum absolute atomic E-state index is 6.59. The molecular weight excluding hydrogens is 657 g/mol. The third-order valence-corrected chi connectivity index (χ3v) is 9.75. The highest BCUT2D eigenvalue weighted by Crippen LogP contribution is 2.40. The lowest BCUT2D eigenvalue weighted by Gasteiger charge is -2.37. The first-order valence-electron chi connectivity index (χ1n) is 15.6.